The molecule has 0 aromatic rings. The molecular formula is C36H50O15. The molecule has 0 aromatic heterocycles. The fraction of sp³-hybridized carbons (Fsp3) is 0.722. The second-order valence-electron chi connectivity index (χ2n) is 15.0. The Hall–Kier alpha value is -3.82. The Morgan fingerprint density at radius 2 is 1.43 bits per heavy atom. The van der Waals surface area contributed by atoms with Crippen molar-refractivity contribution in [1.82, 2.24) is 0 Å². The topological polar surface area (TPSA) is 211 Å². The van der Waals surface area contributed by atoms with Crippen LogP contribution in [-0.4, -0.2) is 107 Å². The van der Waals surface area contributed by atoms with Gasteiger partial charge in [-0.15, -0.1) is 0 Å². The first-order valence-corrected chi connectivity index (χ1v) is 17.2. The molecule has 4 rings (SSSR count). The van der Waals surface area contributed by atoms with Crippen molar-refractivity contribution in [2.24, 2.45) is 29.1 Å². The summed E-state index contributed by atoms with van der Waals surface area (Å²) >= 11 is 0. The maximum absolute atomic E-state index is 13.4. The third-order valence-electron chi connectivity index (χ3n) is 10.0. The molecule has 0 amide bonds. The summed E-state index contributed by atoms with van der Waals surface area (Å²) in [5.74, 6) is -7.63. The predicted octanol–water partition coefficient (Wildman–Crippen LogP) is 1.88. The monoisotopic (exact) mass is 722 g/mol. The van der Waals surface area contributed by atoms with Crippen molar-refractivity contribution in [3.63, 3.8) is 0 Å². The van der Waals surface area contributed by atoms with Gasteiger partial charge in [0.2, 0.25) is 0 Å². The van der Waals surface area contributed by atoms with Crippen LogP contribution in [0.2, 0.25) is 0 Å². The van der Waals surface area contributed by atoms with Gasteiger partial charge < -0.3 is 43.4 Å². The molecule has 4 aliphatic rings. The number of aliphatic hydroxyl groups is 2. The lowest BCUT2D eigenvalue weighted by Gasteiger charge is -2.58. The number of fused-ring (bicyclic) bond motifs is 3. The van der Waals surface area contributed by atoms with Crippen LogP contribution in [-0.2, 0) is 61.9 Å². The molecule has 1 saturated carbocycles. The molecule has 284 valence electrons. The fourth-order valence-electron chi connectivity index (χ4n) is 7.72. The van der Waals surface area contributed by atoms with Crippen LogP contribution in [0.5, 0.6) is 0 Å². The van der Waals surface area contributed by atoms with Crippen molar-refractivity contribution in [2.75, 3.05) is 13.2 Å². The summed E-state index contributed by atoms with van der Waals surface area (Å²) in [6, 6.07) is 0. The van der Waals surface area contributed by atoms with Gasteiger partial charge in [-0.05, 0) is 36.5 Å². The first kappa shape index (κ1) is 40.0. The number of hydrogen-bond acceptors (Lipinski definition) is 15. The van der Waals surface area contributed by atoms with E-state index in [2.05, 4.69) is 0 Å². The van der Waals surface area contributed by atoms with Crippen molar-refractivity contribution < 1.29 is 72.1 Å². The van der Waals surface area contributed by atoms with Crippen LogP contribution in [0.25, 0.3) is 0 Å². The first-order valence-electron chi connectivity index (χ1n) is 17.2. The smallest absolute Gasteiger partial charge is 0.312 e. The molecule has 0 aromatic carbocycles. The Bertz CT molecular complexity index is 1460. The molecule has 2 aliphatic carbocycles. The molecule has 11 atom stereocenters. The molecule has 0 unspecified atom stereocenters. The summed E-state index contributed by atoms with van der Waals surface area (Å²) in [6.45, 7) is 12.9. The number of carbonyl (C=O) groups is 6. The number of ether oxygens (including phenoxy) is 7. The Morgan fingerprint density at radius 1 is 0.882 bits per heavy atom. The van der Waals surface area contributed by atoms with E-state index in [0.717, 1.165) is 20.8 Å². The molecule has 15 nitrogen and oxygen atoms in total. The van der Waals surface area contributed by atoms with Gasteiger partial charge in [0, 0.05) is 39.5 Å². The second kappa shape index (κ2) is 15.0. The van der Waals surface area contributed by atoms with E-state index in [1.807, 2.05) is 13.8 Å². The van der Waals surface area contributed by atoms with Gasteiger partial charge in [-0.1, -0.05) is 40.7 Å². The van der Waals surface area contributed by atoms with E-state index in [-0.39, 0.29) is 43.5 Å². The highest BCUT2D eigenvalue weighted by Crippen LogP contribution is 2.62. The molecule has 2 aliphatic heterocycles. The van der Waals surface area contributed by atoms with Gasteiger partial charge in [0.05, 0.1) is 17.9 Å². The fourth-order valence-corrected chi connectivity index (χ4v) is 7.72. The van der Waals surface area contributed by atoms with Crippen molar-refractivity contribution in [2.45, 2.75) is 123 Å². The lowest BCUT2D eigenvalue weighted by molar-refractivity contribution is -0.276. The number of rotatable bonds is 10. The zero-order chi connectivity index (χ0) is 38.2. The average molecular weight is 723 g/mol. The lowest BCUT2D eigenvalue weighted by Crippen LogP contribution is -2.75. The number of epoxide rings is 1. The van der Waals surface area contributed by atoms with Gasteiger partial charge in [-0.2, -0.15) is 0 Å². The normalized spacial score (nSPS) is 38.7. The van der Waals surface area contributed by atoms with Crippen LogP contribution < -0.4 is 0 Å². The van der Waals surface area contributed by atoms with Gasteiger partial charge in [0.15, 0.2) is 17.8 Å². The van der Waals surface area contributed by atoms with E-state index in [0.29, 0.717) is 0 Å². The van der Waals surface area contributed by atoms with Gasteiger partial charge in [-0.25, -0.2) is 0 Å². The molecule has 15 heteroatoms. The molecule has 0 bridgehead atoms. The summed E-state index contributed by atoms with van der Waals surface area (Å²) in [6.07, 6.45) is -5.50. The zero-order valence-electron chi connectivity index (χ0n) is 30.5. The highest BCUT2D eigenvalue weighted by Gasteiger charge is 2.80. The summed E-state index contributed by atoms with van der Waals surface area (Å²) in [7, 11) is 0. The molecule has 3 fully saturated rings. The highest BCUT2D eigenvalue weighted by atomic mass is 16.7. The summed E-state index contributed by atoms with van der Waals surface area (Å²) in [4.78, 5) is 77.6. The maximum Gasteiger partial charge on any atom is 0.312 e. The quantitative estimate of drug-likeness (QED) is 0.187. The van der Waals surface area contributed by atoms with E-state index in [1.165, 1.54) is 32.1 Å². The van der Waals surface area contributed by atoms with Crippen molar-refractivity contribution in [1.29, 1.82) is 0 Å². The largest absolute Gasteiger partial charge is 0.461 e. The van der Waals surface area contributed by atoms with Gasteiger partial charge in [0.1, 0.15) is 36.6 Å². The molecule has 51 heavy (non-hydrogen) atoms. The molecule has 0 radical (unpaired) electrons. The third kappa shape index (κ3) is 7.85. The minimum Gasteiger partial charge on any atom is -0.461 e. The van der Waals surface area contributed by atoms with E-state index in [1.54, 1.807) is 13.8 Å². The van der Waals surface area contributed by atoms with E-state index < -0.39 is 101 Å². The van der Waals surface area contributed by atoms with Crippen LogP contribution in [0.4, 0.5) is 0 Å². The lowest BCUT2D eigenvalue weighted by atomic mass is 9.51. The minimum absolute atomic E-state index is 0.0108. The molecule has 2 N–H and O–H groups in total. The Balaban J connectivity index is 2.06. The maximum atomic E-state index is 13.4. The Kier molecular flexibility index (Phi) is 11.8. The van der Waals surface area contributed by atoms with Crippen LogP contribution in [0, 0.1) is 29.1 Å². The Morgan fingerprint density at radius 3 is 1.96 bits per heavy atom. The van der Waals surface area contributed by atoms with Crippen molar-refractivity contribution in [3.05, 3.63) is 23.8 Å². The number of carbonyl (C=O) groups excluding carboxylic acids is 6. The summed E-state index contributed by atoms with van der Waals surface area (Å²) < 4.78 is 40.8. The van der Waals surface area contributed by atoms with Crippen LogP contribution in [0.3, 0.4) is 0 Å². The van der Waals surface area contributed by atoms with E-state index >= 15 is 0 Å². The third-order valence-corrected chi connectivity index (χ3v) is 10.0. The summed E-state index contributed by atoms with van der Waals surface area (Å²) in [5.41, 5.74) is -5.78. The molecule has 2 saturated heterocycles. The summed E-state index contributed by atoms with van der Waals surface area (Å²) in [5, 5.41) is 24.9. The van der Waals surface area contributed by atoms with Crippen molar-refractivity contribution in [3.8, 4) is 0 Å². The highest BCUT2D eigenvalue weighted by molar-refractivity contribution is 5.78. The Labute approximate surface area is 296 Å². The van der Waals surface area contributed by atoms with Gasteiger partial charge in [-0.3, -0.25) is 28.8 Å². The predicted molar refractivity (Wildman–Crippen MR) is 174 cm³/mol. The van der Waals surface area contributed by atoms with Crippen LogP contribution in [0.15, 0.2) is 23.8 Å². The zero-order valence-corrected chi connectivity index (χ0v) is 30.5. The number of esters is 6. The van der Waals surface area contributed by atoms with E-state index in [9.17, 15) is 39.0 Å². The second-order valence-corrected chi connectivity index (χ2v) is 15.0. The van der Waals surface area contributed by atoms with E-state index in [4.69, 9.17) is 33.2 Å². The number of aliphatic hydroxyl groups excluding tert-OH is 1. The van der Waals surface area contributed by atoms with Crippen LogP contribution in [0.1, 0.15) is 75.2 Å². The average Bonchev–Trinajstić information content (AvgIpc) is 3.75. The first-order chi connectivity index (χ1) is 23.7. The molecule has 2 heterocycles. The number of hydrogen-bond donors (Lipinski definition) is 2. The minimum atomic E-state index is -2.40. The SMILES string of the molecule is CC(=O)O[C@@H]1[C@H](O)[C@H](OC(=O)CC(C)C)[C@]2(C)[C@H](OC(C)=O)/C=C\C(COC(=O)CC(C)C)=C/[C@@H]3OC(=O)[C@H](C)[C@@]3(O)[C@@H](OC(C)=O)[C@H]2[C@@]12CO2. The molecule has 1 spiro atoms. The van der Waals surface area contributed by atoms with Gasteiger partial charge in [0.25, 0.3) is 0 Å². The van der Waals surface area contributed by atoms with Crippen molar-refractivity contribution >= 4 is 35.8 Å². The van der Waals surface area contributed by atoms with Gasteiger partial charge >= 0.3 is 35.8 Å². The standard InChI is InChI=1S/C36H50O15/c1-17(2)12-26(40)45-15-23-10-11-24(47-20(6)37)34(9)29(32(49-22(8)39)36(44)19(5)33(43)50-25(36)14-23)35(16-46-35)31(48-21(7)38)28(42)30(34)51-27(41)13-18(3)4/h10-11,14,17-19,24-25,28-32,42,44H,12-13,15-16H2,1-9H3/b11-10-,23-14+/t19-,24+,25-,28+,29+,30-,31+,32-,34+,35-,36-/m0/s1. The molecular weight excluding hydrogens is 672 g/mol. The van der Waals surface area contributed by atoms with Crippen LogP contribution >= 0.6 is 0 Å².